The number of sulfone groups is 1. The molecule has 1 aliphatic carbocycles. The van der Waals surface area contributed by atoms with E-state index >= 15 is 0 Å². The van der Waals surface area contributed by atoms with Crippen LogP contribution in [0.5, 0.6) is 0 Å². The molecule has 1 amide bonds. The zero-order valence-electron chi connectivity index (χ0n) is 20.8. The number of anilines is 1. The minimum atomic E-state index is -3.29. The predicted molar refractivity (Wildman–Crippen MR) is 147 cm³/mol. The van der Waals surface area contributed by atoms with Gasteiger partial charge < -0.3 is 9.84 Å². The quantitative estimate of drug-likeness (QED) is 0.263. The van der Waals surface area contributed by atoms with Gasteiger partial charge in [0, 0.05) is 26.9 Å². The number of benzene rings is 3. The number of halogens is 2. The van der Waals surface area contributed by atoms with Crippen molar-refractivity contribution in [2.75, 3.05) is 11.1 Å². The van der Waals surface area contributed by atoms with Crippen LogP contribution in [-0.2, 0) is 26.5 Å². The Labute approximate surface area is 231 Å². The fourth-order valence-electron chi connectivity index (χ4n) is 4.42. The minimum Gasteiger partial charge on any atom is -0.334 e. The standard InChI is InChI=1S/C28H25Cl2N3O4S/c1-3-38(35,36)21-10-6-18(7-11-21)14-24(34)31-20-15-22(29)25(23(30)16-20)28(12-13-28)27-32-26(37-33-27)19-8-4-17(2)5-9-19/h4-11,15-16H,3,12-14H2,1-2H3,(H,31,34). The summed E-state index contributed by atoms with van der Waals surface area (Å²) in [6.07, 6.45) is 1.61. The molecule has 4 aromatic rings. The van der Waals surface area contributed by atoms with Gasteiger partial charge in [0.15, 0.2) is 15.7 Å². The molecule has 1 N–H and O–H groups in total. The summed E-state index contributed by atoms with van der Waals surface area (Å²) in [6, 6.07) is 17.5. The minimum absolute atomic E-state index is 0.0201. The molecule has 0 atom stereocenters. The zero-order valence-corrected chi connectivity index (χ0v) is 23.1. The van der Waals surface area contributed by atoms with Crippen LogP contribution in [0.2, 0.25) is 10.0 Å². The maximum Gasteiger partial charge on any atom is 0.257 e. The van der Waals surface area contributed by atoms with E-state index in [1.807, 2.05) is 31.2 Å². The van der Waals surface area contributed by atoms with E-state index in [0.717, 1.165) is 24.0 Å². The normalized spacial score (nSPS) is 14.3. The highest BCUT2D eigenvalue weighted by molar-refractivity contribution is 7.91. The van der Waals surface area contributed by atoms with Crippen LogP contribution in [0.15, 0.2) is 70.1 Å². The van der Waals surface area contributed by atoms with E-state index in [1.165, 1.54) is 12.1 Å². The van der Waals surface area contributed by atoms with Crippen molar-refractivity contribution in [2.45, 2.75) is 43.4 Å². The molecule has 7 nitrogen and oxygen atoms in total. The highest BCUT2D eigenvalue weighted by Gasteiger charge is 2.52. The van der Waals surface area contributed by atoms with Gasteiger partial charge in [0.1, 0.15) is 0 Å². The van der Waals surface area contributed by atoms with Gasteiger partial charge in [-0.1, -0.05) is 65.1 Å². The average Bonchev–Trinajstić information content (AvgIpc) is 3.51. The maximum atomic E-state index is 12.7. The molecule has 0 radical (unpaired) electrons. The third-order valence-electron chi connectivity index (χ3n) is 6.73. The lowest BCUT2D eigenvalue weighted by Gasteiger charge is -2.17. The van der Waals surface area contributed by atoms with Crippen molar-refractivity contribution < 1.29 is 17.7 Å². The predicted octanol–water partition coefficient (Wildman–Crippen LogP) is 6.41. The molecule has 0 saturated heterocycles. The van der Waals surface area contributed by atoms with Crippen LogP contribution in [0.3, 0.4) is 0 Å². The molecule has 1 aromatic heterocycles. The summed E-state index contributed by atoms with van der Waals surface area (Å²) >= 11 is 13.4. The smallest absolute Gasteiger partial charge is 0.257 e. The Balaban J connectivity index is 1.32. The fraction of sp³-hybridized carbons (Fsp3) is 0.250. The van der Waals surface area contributed by atoms with Crippen LogP contribution in [-0.4, -0.2) is 30.2 Å². The summed E-state index contributed by atoms with van der Waals surface area (Å²) in [5.74, 6) is 0.703. The summed E-state index contributed by atoms with van der Waals surface area (Å²) in [6.45, 7) is 3.60. The first kappa shape index (κ1) is 26.4. The fourth-order valence-corrected chi connectivity index (χ4v) is 6.15. The lowest BCUT2D eigenvalue weighted by molar-refractivity contribution is -0.115. The first-order valence-corrected chi connectivity index (χ1v) is 14.5. The van der Waals surface area contributed by atoms with Gasteiger partial charge >= 0.3 is 0 Å². The Morgan fingerprint density at radius 2 is 1.66 bits per heavy atom. The van der Waals surface area contributed by atoms with Crippen molar-refractivity contribution in [3.05, 3.63) is 93.2 Å². The van der Waals surface area contributed by atoms with Crippen molar-refractivity contribution in [2.24, 2.45) is 0 Å². The molecule has 1 heterocycles. The van der Waals surface area contributed by atoms with Crippen LogP contribution in [0.4, 0.5) is 5.69 Å². The monoisotopic (exact) mass is 569 g/mol. The van der Waals surface area contributed by atoms with E-state index < -0.39 is 15.3 Å². The van der Waals surface area contributed by atoms with Gasteiger partial charge in [-0.25, -0.2) is 8.42 Å². The van der Waals surface area contributed by atoms with Crippen LogP contribution >= 0.6 is 23.2 Å². The lowest BCUT2D eigenvalue weighted by atomic mass is 9.94. The number of aryl methyl sites for hydroxylation is 1. The number of rotatable bonds is 8. The molecule has 1 aliphatic rings. The summed E-state index contributed by atoms with van der Waals surface area (Å²) in [7, 11) is -3.29. The molecule has 1 fully saturated rings. The Kier molecular flexibility index (Phi) is 7.07. The molecule has 1 saturated carbocycles. The summed E-state index contributed by atoms with van der Waals surface area (Å²) in [5, 5.41) is 7.87. The Hall–Kier alpha value is -3.20. The van der Waals surface area contributed by atoms with E-state index in [-0.39, 0.29) is 23.0 Å². The second kappa shape index (κ2) is 10.2. The maximum absolute atomic E-state index is 12.7. The van der Waals surface area contributed by atoms with Gasteiger partial charge in [-0.2, -0.15) is 4.98 Å². The number of hydrogen-bond acceptors (Lipinski definition) is 6. The van der Waals surface area contributed by atoms with Crippen molar-refractivity contribution >= 4 is 44.6 Å². The van der Waals surface area contributed by atoms with Crippen molar-refractivity contribution in [3.8, 4) is 11.5 Å². The second-order valence-electron chi connectivity index (χ2n) is 9.46. The first-order chi connectivity index (χ1) is 18.1. The van der Waals surface area contributed by atoms with Gasteiger partial charge in [0.05, 0.1) is 22.5 Å². The topological polar surface area (TPSA) is 102 Å². The zero-order chi connectivity index (χ0) is 27.1. The third kappa shape index (κ3) is 5.21. The van der Waals surface area contributed by atoms with Crippen LogP contribution in [0.25, 0.3) is 11.5 Å². The summed E-state index contributed by atoms with van der Waals surface area (Å²) in [5.41, 5.74) is 3.29. The third-order valence-corrected chi connectivity index (χ3v) is 9.08. The Morgan fingerprint density at radius 1 is 1.03 bits per heavy atom. The molecule has 3 aromatic carbocycles. The van der Waals surface area contributed by atoms with E-state index in [9.17, 15) is 13.2 Å². The SMILES string of the molecule is CCS(=O)(=O)c1ccc(CC(=O)Nc2cc(Cl)c(C3(c4noc(-c5ccc(C)cc5)n4)CC3)c(Cl)c2)cc1. The average molecular weight is 570 g/mol. The Bertz CT molecular complexity index is 1590. The van der Waals surface area contributed by atoms with Gasteiger partial charge in [-0.05, 0) is 61.7 Å². The van der Waals surface area contributed by atoms with E-state index in [4.69, 9.17) is 27.7 Å². The number of carbonyl (C=O) groups excluding carboxylic acids is 1. The number of nitrogens with one attached hydrogen (secondary N) is 1. The Morgan fingerprint density at radius 3 is 2.24 bits per heavy atom. The molecule has 10 heteroatoms. The largest absolute Gasteiger partial charge is 0.334 e. The number of nitrogens with zero attached hydrogens (tertiary/aromatic N) is 2. The molecule has 0 bridgehead atoms. The molecule has 0 unspecified atom stereocenters. The molecule has 196 valence electrons. The second-order valence-corrected chi connectivity index (χ2v) is 12.6. The molecular formula is C28H25Cl2N3O4S. The van der Waals surface area contributed by atoms with Crippen molar-refractivity contribution in [3.63, 3.8) is 0 Å². The van der Waals surface area contributed by atoms with Crippen molar-refractivity contribution in [1.29, 1.82) is 0 Å². The van der Waals surface area contributed by atoms with Gasteiger partial charge in [0.2, 0.25) is 5.91 Å². The number of carbonyl (C=O) groups is 1. The van der Waals surface area contributed by atoms with Crippen molar-refractivity contribution in [1.82, 2.24) is 10.1 Å². The molecule has 0 spiro atoms. The van der Waals surface area contributed by atoms with Crippen LogP contribution in [0.1, 0.15) is 42.3 Å². The molecular weight excluding hydrogens is 545 g/mol. The molecule has 0 aliphatic heterocycles. The highest BCUT2D eigenvalue weighted by Crippen LogP contribution is 2.57. The van der Waals surface area contributed by atoms with Gasteiger partial charge in [-0.15, -0.1) is 0 Å². The number of hydrogen-bond donors (Lipinski definition) is 1. The van der Waals surface area contributed by atoms with E-state index in [2.05, 4.69) is 15.5 Å². The van der Waals surface area contributed by atoms with E-state index in [0.29, 0.717) is 38.6 Å². The van der Waals surface area contributed by atoms with Gasteiger partial charge in [-0.3, -0.25) is 4.79 Å². The van der Waals surface area contributed by atoms with Gasteiger partial charge in [0.25, 0.3) is 5.89 Å². The van der Waals surface area contributed by atoms with E-state index in [1.54, 1.807) is 31.2 Å². The van der Waals surface area contributed by atoms with Crippen LogP contribution < -0.4 is 5.32 Å². The molecule has 5 rings (SSSR count). The summed E-state index contributed by atoms with van der Waals surface area (Å²) < 4.78 is 29.5. The van der Waals surface area contributed by atoms with Crippen LogP contribution in [0, 0.1) is 6.92 Å². The lowest BCUT2D eigenvalue weighted by Crippen LogP contribution is -2.16. The summed E-state index contributed by atoms with van der Waals surface area (Å²) in [4.78, 5) is 17.5. The molecule has 38 heavy (non-hydrogen) atoms. The number of aromatic nitrogens is 2. The first-order valence-electron chi connectivity index (χ1n) is 12.1. The number of amides is 1. The highest BCUT2D eigenvalue weighted by atomic mass is 35.5.